The molecule has 0 aliphatic rings. The number of alkyl halides is 3. The van der Waals surface area contributed by atoms with Gasteiger partial charge in [-0.15, -0.1) is 0 Å². The fourth-order valence-corrected chi connectivity index (χ4v) is 1.33. The molecular weight excluding hydrogens is 250 g/mol. The fourth-order valence-electron chi connectivity index (χ4n) is 1.33. The molecule has 18 heavy (non-hydrogen) atoms. The van der Waals surface area contributed by atoms with E-state index in [1.54, 1.807) is 0 Å². The maximum Gasteiger partial charge on any atom is 0.434 e. The third-order valence-electron chi connectivity index (χ3n) is 2.22. The number of nitrogens with two attached hydrogens (primary N) is 1. The third-order valence-corrected chi connectivity index (χ3v) is 2.22. The van der Waals surface area contributed by atoms with Gasteiger partial charge in [0.1, 0.15) is 5.82 Å². The summed E-state index contributed by atoms with van der Waals surface area (Å²) in [6.45, 7) is 0. The minimum atomic E-state index is -4.59. The summed E-state index contributed by atoms with van der Waals surface area (Å²) in [5.74, 6) is -0.716. The van der Waals surface area contributed by atoms with Gasteiger partial charge in [0.15, 0.2) is 5.69 Å². The molecule has 0 spiro atoms. The van der Waals surface area contributed by atoms with Crippen molar-refractivity contribution in [1.82, 2.24) is 9.97 Å². The average Bonchev–Trinajstić information content (AvgIpc) is 2.32. The second-order valence-corrected chi connectivity index (χ2v) is 3.52. The van der Waals surface area contributed by atoms with Crippen molar-refractivity contribution in [3.05, 3.63) is 42.1 Å². The number of aromatic nitrogens is 2. The average molecular weight is 257 g/mol. The van der Waals surface area contributed by atoms with Crippen LogP contribution in [0.15, 0.2) is 30.6 Å². The number of hydrogen-bond acceptors (Lipinski definition) is 3. The Hall–Kier alpha value is -2.18. The summed E-state index contributed by atoms with van der Waals surface area (Å²) in [6.07, 6.45) is -2.85. The molecule has 0 aliphatic heterocycles. The van der Waals surface area contributed by atoms with Crippen LogP contribution in [0, 0.1) is 5.82 Å². The fraction of sp³-hybridized carbons (Fsp3) is 0.0909. The van der Waals surface area contributed by atoms with E-state index in [-0.39, 0.29) is 16.9 Å². The molecule has 2 N–H and O–H groups in total. The van der Waals surface area contributed by atoms with E-state index in [1.807, 2.05) is 0 Å². The molecule has 3 nitrogen and oxygen atoms in total. The Bertz CT molecular complexity index is 581. The van der Waals surface area contributed by atoms with E-state index in [2.05, 4.69) is 9.97 Å². The molecule has 0 aliphatic carbocycles. The molecule has 0 amide bonds. The van der Waals surface area contributed by atoms with Crippen molar-refractivity contribution in [2.45, 2.75) is 6.18 Å². The van der Waals surface area contributed by atoms with Crippen LogP contribution in [0.5, 0.6) is 0 Å². The highest BCUT2D eigenvalue weighted by Crippen LogP contribution is 2.29. The molecule has 1 heterocycles. The highest BCUT2D eigenvalue weighted by Gasteiger charge is 2.33. The van der Waals surface area contributed by atoms with Crippen LogP contribution >= 0.6 is 0 Å². The van der Waals surface area contributed by atoms with E-state index in [0.717, 1.165) is 12.3 Å². The molecule has 0 bridgehead atoms. The maximum atomic E-state index is 13.2. The van der Waals surface area contributed by atoms with Gasteiger partial charge < -0.3 is 5.73 Å². The number of nitrogens with zero attached hydrogens (tertiary/aromatic N) is 2. The highest BCUT2D eigenvalue weighted by molar-refractivity contribution is 5.61. The molecule has 94 valence electrons. The van der Waals surface area contributed by atoms with E-state index in [9.17, 15) is 17.6 Å². The van der Waals surface area contributed by atoms with E-state index < -0.39 is 17.7 Å². The van der Waals surface area contributed by atoms with Crippen LogP contribution in [-0.2, 0) is 6.18 Å². The number of halogens is 4. The summed E-state index contributed by atoms with van der Waals surface area (Å²) >= 11 is 0. The quantitative estimate of drug-likeness (QED) is 0.631. The number of rotatable bonds is 1. The number of hydrogen-bond donors (Lipinski definition) is 1. The summed E-state index contributed by atoms with van der Waals surface area (Å²) in [6, 6.07) is 3.65. The van der Waals surface area contributed by atoms with Crippen LogP contribution in [0.25, 0.3) is 11.3 Å². The normalized spacial score (nSPS) is 11.6. The van der Waals surface area contributed by atoms with Gasteiger partial charge >= 0.3 is 6.18 Å². The third kappa shape index (κ3) is 2.39. The molecule has 0 saturated heterocycles. The Balaban J connectivity index is 2.48. The van der Waals surface area contributed by atoms with Crippen molar-refractivity contribution in [2.24, 2.45) is 0 Å². The van der Waals surface area contributed by atoms with Crippen LogP contribution in [0.3, 0.4) is 0 Å². The Kier molecular flexibility index (Phi) is 2.90. The zero-order chi connectivity index (χ0) is 13.3. The van der Waals surface area contributed by atoms with Crippen molar-refractivity contribution < 1.29 is 17.6 Å². The first-order valence-corrected chi connectivity index (χ1v) is 4.82. The largest absolute Gasteiger partial charge is 0.434 e. The lowest BCUT2D eigenvalue weighted by molar-refractivity contribution is -0.141. The molecule has 0 fully saturated rings. The lowest BCUT2D eigenvalue weighted by atomic mass is 10.1. The lowest BCUT2D eigenvalue weighted by Crippen LogP contribution is -2.09. The van der Waals surface area contributed by atoms with E-state index in [0.29, 0.717) is 6.20 Å². The SMILES string of the molecule is Nc1ccc(-c2cncc(C(F)(F)F)n2)cc1F. The molecule has 0 unspecified atom stereocenters. The second kappa shape index (κ2) is 4.25. The summed E-state index contributed by atoms with van der Waals surface area (Å²) < 4.78 is 50.5. The van der Waals surface area contributed by atoms with Crippen LogP contribution in [0.4, 0.5) is 23.2 Å². The van der Waals surface area contributed by atoms with E-state index in [1.165, 1.54) is 12.1 Å². The predicted molar refractivity (Wildman–Crippen MR) is 56.8 cm³/mol. The van der Waals surface area contributed by atoms with Crippen molar-refractivity contribution >= 4 is 5.69 Å². The van der Waals surface area contributed by atoms with Gasteiger partial charge in [-0.1, -0.05) is 6.07 Å². The predicted octanol–water partition coefficient (Wildman–Crippen LogP) is 2.88. The monoisotopic (exact) mass is 257 g/mol. The molecule has 7 heteroatoms. The first-order chi connectivity index (χ1) is 8.38. The Morgan fingerprint density at radius 3 is 2.44 bits per heavy atom. The van der Waals surface area contributed by atoms with Gasteiger partial charge in [-0.05, 0) is 12.1 Å². The van der Waals surface area contributed by atoms with Gasteiger partial charge in [-0.3, -0.25) is 4.98 Å². The van der Waals surface area contributed by atoms with Crippen molar-refractivity contribution in [3.8, 4) is 11.3 Å². The molecule has 1 aromatic heterocycles. The molecule has 2 rings (SSSR count). The molecule has 2 aromatic rings. The molecule has 0 saturated carbocycles. The summed E-state index contributed by atoms with van der Waals surface area (Å²) in [5, 5.41) is 0. The molecule has 0 atom stereocenters. The lowest BCUT2D eigenvalue weighted by Gasteiger charge is -2.07. The Morgan fingerprint density at radius 2 is 1.83 bits per heavy atom. The summed E-state index contributed by atoms with van der Waals surface area (Å²) in [7, 11) is 0. The van der Waals surface area contributed by atoms with Gasteiger partial charge in [0.2, 0.25) is 0 Å². The zero-order valence-corrected chi connectivity index (χ0v) is 8.87. The smallest absolute Gasteiger partial charge is 0.396 e. The molecule has 1 aromatic carbocycles. The van der Waals surface area contributed by atoms with Crippen LogP contribution < -0.4 is 5.73 Å². The highest BCUT2D eigenvalue weighted by atomic mass is 19.4. The number of benzene rings is 1. The van der Waals surface area contributed by atoms with Crippen molar-refractivity contribution in [2.75, 3.05) is 5.73 Å². The second-order valence-electron chi connectivity index (χ2n) is 3.52. The first-order valence-electron chi connectivity index (χ1n) is 4.82. The zero-order valence-electron chi connectivity index (χ0n) is 8.87. The topological polar surface area (TPSA) is 51.8 Å². The van der Waals surface area contributed by atoms with Gasteiger partial charge in [-0.2, -0.15) is 13.2 Å². The van der Waals surface area contributed by atoms with Crippen LogP contribution in [0.1, 0.15) is 5.69 Å². The number of nitrogen functional groups attached to an aromatic ring is 1. The standard InChI is InChI=1S/C11H7F4N3/c12-7-3-6(1-2-8(7)16)9-4-17-5-10(18-9)11(13,14)15/h1-5H,16H2. The molecular formula is C11H7F4N3. The van der Waals surface area contributed by atoms with E-state index in [4.69, 9.17) is 5.73 Å². The summed E-state index contributed by atoms with van der Waals surface area (Å²) in [4.78, 5) is 6.83. The van der Waals surface area contributed by atoms with Crippen LogP contribution in [0.2, 0.25) is 0 Å². The van der Waals surface area contributed by atoms with Gasteiger partial charge in [-0.25, -0.2) is 9.37 Å². The number of anilines is 1. The minimum Gasteiger partial charge on any atom is -0.396 e. The van der Waals surface area contributed by atoms with Gasteiger partial charge in [0, 0.05) is 5.56 Å². The van der Waals surface area contributed by atoms with Crippen molar-refractivity contribution in [3.63, 3.8) is 0 Å². The van der Waals surface area contributed by atoms with E-state index >= 15 is 0 Å². The maximum absolute atomic E-state index is 13.2. The van der Waals surface area contributed by atoms with Crippen LogP contribution in [-0.4, -0.2) is 9.97 Å². The van der Waals surface area contributed by atoms with Gasteiger partial charge in [0.25, 0.3) is 0 Å². The molecule has 0 radical (unpaired) electrons. The first kappa shape index (κ1) is 12.3. The Morgan fingerprint density at radius 1 is 1.11 bits per heavy atom. The Labute approximate surface area is 99.3 Å². The minimum absolute atomic E-state index is 0.0660. The summed E-state index contributed by atoms with van der Waals surface area (Å²) in [5.41, 5.74) is 4.18. The van der Waals surface area contributed by atoms with Crippen molar-refractivity contribution in [1.29, 1.82) is 0 Å². The van der Waals surface area contributed by atoms with Gasteiger partial charge in [0.05, 0.1) is 23.8 Å².